The third-order valence-corrected chi connectivity index (χ3v) is 3.58. The van der Waals surface area contributed by atoms with E-state index in [1.807, 2.05) is 43.3 Å². The highest BCUT2D eigenvalue weighted by Gasteiger charge is 2.01. The van der Waals surface area contributed by atoms with E-state index < -0.39 is 0 Å². The Kier molecular flexibility index (Phi) is 6.14. The molecule has 1 aromatic heterocycles. The zero-order valence-electron chi connectivity index (χ0n) is 12.0. The largest absolute Gasteiger partial charge is 0.494 e. The monoisotopic (exact) mass is 302 g/mol. The molecule has 21 heavy (non-hydrogen) atoms. The van der Waals surface area contributed by atoms with Gasteiger partial charge in [0.25, 0.3) is 0 Å². The lowest BCUT2D eigenvalue weighted by Gasteiger charge is -2.07. The van der Waals surface area contributed by atoms with Crippen molar-refractivity contribution in [3.63, 3.8) is 0 Å². The van der Waals surface area contributed by atoms with E-state index in [1.165, 1.54) is 0 Å². The summed E-state index contributed by atoms with van der Waals surface area (Å²) in [5.74, 6) is 7.55. The van der Waals surface area contributed by atoms with Crippen molar-refractivity contribution in [2.75, 3.05) is 13.2 Å². The van der Waals surface area contributed by atoms with Crippen molar-refractivity contribution in [3.8, 4) is 23.3 Å². The summed E-state index contributed by atoms with van der Waals surface area (Å²) in [7, 11) is 0. The Bertz CT molecular complexity index is 622. The lowest BCUT2D eigenvalue weighted by Crippen LogP contribution is -1.95. The molecule has 3 nitrogen and oxygen atoms in total. The number of hydrogen-bond acceptors (Lipinski definition) is 4. The van der Waals surface area contributed by atoms with E-state index in [-0.39, 0.29) is 6.61 Å². The van der Waals surface area contributed by atoms with Gasteiger partial charge in [0.2, 0.25) is 0 Å². The van der Waals surface area contributed by atoms with E-state index in [1.54, 1.807) is 11.3 Å². The summed E-state index contributed by atoms with van der Waals surface area (Å²) < 4.78 is 11.2. The van der Waals surface area contributed by atoms with Gasteiger partial charge in [-0.05, 0) is 31.2 Å². The molecule has 0 fully saturated rings. The predicted molar refractivity (Wildman–Crippen MR) is 84.8 cm³/mol. The standard InChI is InChI=1S/C17H18O3S/c1-2-19-14-6-5-7-15(12-14)20-13-17-10-9-16(21-17)8-3-4-11-18/h5-7,9-10,12,18H,2,4,11,13H2,1H3. The smallest absolute Gasteiger partial charge is 0.123 e. The summed E-state index contributed by atoms with van der Waals surface area (Å²) in [4.78, 5) is 2.11. The van der Waals surface area contributed by atoms with Crippen LogP contribution in [0.5, 0.6) is 11.5 Å². The Morgan fingerprint density at radius 3 is 2.71 bits per heavy atom. The Morgan fingerprint density at radius 1 is 1.14 bits per heavy atom. The molecule has 110 valence electrons. The number of aliphatic hydroxyl groups is 1. The number of benzene rings is 1. The van der Waals surface area contributed by atoms with Crippen LogP contribution in [0.25, 0.3) is 0 Å². The molecule has 0 atom stereocenters. The van der Waals surface area contributed by atoms with Gasteiger partial charge in [-0.25, -0.2) is 0 Å². The molecule has 0 unspecified atom stereocenters. The predicted octanol–water partition coefficient (Wildman–Crippen LogP) is 3.46. The van der Waals surface area contributed by atoms with E-state index in [4.69, 9.17) is 14.6 Å². The summed E-state index contributed by atoms with van der Waals surface area (Å²) in [6.45, 7) is 3.22. The van der Waals surface area contributed by atoms with Crippen molar-refractivity contribution in [1.82, 2.24) is 0 Å². The highest BCUT2D eigenvalue weighted by molar-refractivity contribution is 7.12. The molecule has 1 N–H and O–H groups in total. The molecule has 4 heteroatoms. The average molecular weight is 302 g/mol. The van der Waals surface area contributed by atoms with Gasteiger partial charge in [-0.3, -0.25) is 0 Å². The third-order valence-electron chi connectivity index (χ3n) is 2.61. The first-order valence-corrected chi connectivity index (χ1v) is 7.67. The molecule has 0 saturated heterocycles. The van der Waals surface area contributed by atoms with Crippen molar-refractivity contribution < 1.29 is 14.6 Å². The van der Waals surface area contributed by atoms with Crippen molar-refractivity contribution in [3.05, 3.63) is 46.2 Å². The van der Waals surface area contributed by atoms with E-state index >= 15 is 0 Å². The number of hydrogen-bond donors (Lipinski definition) is 1. The fourth-order valence-electron chi connectivity index (χ4n) is 1.70. The van der Waals surface area contributed by atoms with Gasteiger partial charge in [-0.1, -0.05) is 17.9 Å². The van der Waals surface area contributed by atoms with Gasteiger partial charge in [-0.2, -0.15) is 0 Å². The fourth-order valence-corrected chi connectivity index (χ4v) is 2.50. The second kappa shape index (κ2) is 8.35. The maximum absolute atomic E-state index is 8.69. The summed E-state index contributed by atoms with van der Waals surface area (Å²) in [6, 6.07) is 11.6. The lowest BCUT2D eigenvalue weighted by molar-refractivity contribution is 0.302. The summed E-state index contributed by atoms with van der Waals surface area (Å²) in [5, 5.41) is 8.69. The third kappa shape index (κ3) is 5.14. The van der Waals surface area contributed by atoms with Gasteiger partial charge in [0.05, 0.1) is 18.1 Å². The molecular weight excluding hydrogens is 284 g/mol. The first-order valence-electron chi connectivity index (χ1n) is 6.86. The summed E-state index contributed by atoms with van der Waals surface area (Å²) in [5.41, 5.74) is 0. The fraction of sp³-hybridized carbons (Fsp3) is 0.294. The zero-order chi connectivity index (χ0) is 14.9. The van der Waals surface area contributed by atoms with Gasteiger partial charge in [0, 0.05) is 17.4 Å². The topological polar surface area (TPSA) is 38.7 Å². The van der Waals surface area contributed by atoms with Gasteiger partial charge in [0.15, 0.2) is 0 Å². The molecule has 0 aliphatic carbocycles. The highest BCUT2D eigenvalue weighted by atomic mass is 32.1. The zero-order valence-corrected chi connectivity index (χ0v) is 12.8. The highest BCUT2D eigenvalue weighted by Crippen LogP contribution is 2.22. The molecule has 0 radical (unpaired) electrons. The van der Waals surface area contributed by atoms with Crippen LogP contribution in [0.15, 0.2) is 36.4 Å². The molecule has 0 spiro atoms. The maximum atomic E-state index is 8.69. The Morgan fingerprint density at radius 2 is 1.95 bits per heavy atom. The van der Waals surface area contributed by atoms with Gasteiger partial charge >= 0.3 is 0 Å². The van der Waals surface area contributed by atoms with E-state index in [2.05, 4.69) is 11.8 Å². The van der Waals surface area contributed by atoms with Crippen LogP contribution in [-0.2, 0) is 6.61 Å². The number of aliphatic hydroxyl groups excluding tert-OH is 1. The second-order valence-electron chi connectivity index (χ2n) is 4.24. The van der Waals surface area contributed by atoms with Crippen LogP contribution in [0.2, 0.25) is 0 Å². The summed E-state index contributed by atoms with van der Waals surface area (Å²) >= 11 is 1.61. The van der Waals surface area contributed by atoms with Crippen LogP contribution in [0.4, 0.5) is 0 Å². The van der Waals surface area contributed by atoms with Crippen LogP contribution >= 0.6 is 11.3 Å². The molecule has 2 aromatic rings. The maximum Gasteiger partial charge on any atom is 0.123 e. The second-order valence-corrected chi connectivity index (χ2v) is 5.41. The number of thiophene rings is 1. The van der Waals surface area contributed by atoms with Crippen LogP contribution in [0.1, 0.15) is 23.1 Å². The minimum Gasteiger partial charge on any atom is -0.494 e. The first-order chi connectivity index (χ1) is 10.3. The Labute approximate surface area is 129 Å². The van der Waals surface area contributed by atoms with Crippen molar-refractivity contribution in [1.29, 1.82) is 0 Å². The van der Waals surface area contributed by atoms with Gasteiger partial charge in [-0.15, -0.1) is 11.3 Å². The number of rotatable bonds is 6. The Hall–Kier alpha value is -1.96. The summed E-state index contributed by atoms with van der Waals surface area (Å²) in [6.07, 6.45) is 0.508. The molecule has 0 amide bonds. The van der Waals surface area contributed by atoms with E-state index in [0.29, 0.717) is 19.6 Å². The van der Waals surface area contributed by atoms with Crippen molar-refractivity contribution in [2.45, 2.75) is 20.0 Å². The molecule has 0 saturated carbocycles. The molecule has 0 aliphatic heterocycles. The van der Waals surface area contributed by atoms with E-state index in [9.17, 15) is 0 Å². The molecule has 0 bridgehead atoms. The van der Waals surface area contributed by atoms with Crippen LogP contribution in [0, 0.1) is 11.8 Å². The lowest BCUT2D eigenvalue weighted by atomic mass is 10.3. The van der Waals surface area contributed by atoms with Gasteiger partial charge in [0.1, 0.15) is 18.1 Å². The normalized spacial score (nSPS) is 9.81. The molecule has 0 aliphatic rings. The van der Waals surface area contributed by atoms with Crippen molar-refractivity contribution >= 4 is 11.3 Å². The van der Waals surface area contributed by atoms with Crippen LogP contribution in [0.3, 0.4) is 0 Å². The number of ether oxygens (including phenoxy) is 2. The van der Waals surface area contributed by atoms with Crippen LogP contribution < -0.4 is 9.47 Å². The minimum atomic E-state index is 0.102. The average Bonchev–Trinajstić information content (AvgIpc) is 2.94. The van der Waals surface area contributed by atoms with Crippen LogP contribution in [-0.4, -0.2) is 18.3 Å². The molecule has 1 aromatic carbocycles. The van der Waals surface area contributed by atoms with E-state index in [0.717, 1.165) is 21.3 Å². The molecule has 2 rings (SSSR count). The quantitative estimate of drug-likeness (QED) is 0.831. The molecular formula is C17H18O3S. The Balaban J connectivity index is 1.91. The SMILES string of the molecule is CCOc1cccc(OCc2ccc(C#CCCO)s2)c1. The van der Waals surface area contributed by atoms with Crippen molar-refractivity contribution in [2.24, 2.45) is 0 Å². The van der Waals surface area contributed by atoms with Gasteiger partial charge < -0.3 is 14.6 Å². The minimum absolute atomic E-state index is 0.102. The molecule has 1 heterocycles. The first kappa shape index (κ1) is 15.4.